The number of furan rings is 1. The summed E-state index contributed by atoms with van der Waals surface area (Å²) in [5.41, 5.74) is 5.70. The van der Waals surface area contributed by atoms with E-state index in [1.54, 1.807) is 0 Å². The molecule has 10 heavy (non-hydrogen) atoms. The Bertz CT molecular complexity index is 217. The zero-order valence-electron chi connectivity index (χ0n) is 5.15. The van der Waals surface area contributed by atoms with Crippen molar-refractivity contribution in [3.63, 3.8) is 0 Å². The van der Waals surface area contributed by atoms with Crippen molar-refractivity contribution in [2.45, 2.75) is 6.04 Å². The van der Waals surface area contributed by atoms with E-state index >= 15 is 0 Å². The standard InChI is InChI=1S/C6H7NO3/c7-5(6(8)9)4-1-2-10-3-4/h1-3,5H,7H2,(H,8,9). The topological polar surface area (TPSA) is 76.5 Å². The number of rotatable bonds is 2. The summed E-state index contributed by atoms with van der Waals surface area (Å²) in [6.45, 7) is 0. The molecule has 1 unspecified atom stereocenters. The molecule has 1 rings (SSSR count). The molecule has 0 aliphatic heterocycles. The predicted octanol–water partition coefficient (Wildman–Crippen LogP) is 0.364. The van der Waals surface area contributed by atoms with Crippen molar-refractivity contribution in [1.82, 2.24) is 0 Å². The van der Waals surface area contributed by atoms with Crippen molar-refractivity contribution < 1.29 is 14.3 Å². The van der Waals surface area contributed by atoms with E-state index in [9.17, 15) is 4.79 Å². The molecule has 54 valence electrons. The minimum Gasteiger partial charge on any atom is -0.480 e. The normalized spacial score (nSPS) is 12.9. The lowest BCUT2D eigenvalue weighted by Gasteiger charge is -1.99. The van der Waals surface area contributed by atoms with Crippen molar-refractivity contribution in [1.29, 1.82) is 0 Å². The third-order valence-electron chi connectivity index (χ3n) is 1.17. The van der Waals surface area contributed by atoms with E-state index < -0.39 is 12.0 Å². The number of aliphatic carboxylic acids is 1. The first-order valence-corrected chi connectivity index (χ1v) is 2.72. The molecule has 0 spiro atoms. The van der Waals surface area contributed by atoms with Crippen LogP contribution in [0.4, 0.5) is 0 Å². The van der Waals surface area contributed by atoms with E-state index in [2.05, 4.69) is 4.42 Å². The average Bonchev–Trinajstić information content (AvgIpc) is 2.36. The van der Waals surface area contributed by atoms with Gasteiger partial charge in [0.05, 0.1) is 12.5 Å². The van der Waals surface area contributed by atoms with Crippen LogP contribution in [-0.4, -0.2) is 11.1 Å². The van der Waals surface area contributed by atoms with Crippen molar-refractivity contribution >= 4 is 5.97 Å². The van der Waals surface area contributed by atoms with Gasteiger partial charge in [0.15, 0.2) is 0 Å². The molecule has 0 saturated carbocycles. The molecule has 0 bridgehead atoms. The molecule has 1 atom stereocenters. The van der Waals surface area contributed by atoms with Gasteiger partial charge in [-0.3, -0.25) is 4.79 Å². The fourth-order valence-corrected chi connectivity index (χ4v) is 0.595. The van der Waals surface area contributed by atoms with Gasteiger partial charge >= 0.3 is 5.97 Å². The molecule has 0 radical (unpaired) electrons. The molecule has 4 heteroatoms. The Labute approximate surface area is 57.3 Å². The first kappa shape index (κ1) is 6.82. The van der Waals surface area contributed by atoms with E-state index in [-0.39, 0.29) is 0 Å². The van der Waals surface area contributed by atoms with Gasteiger partial charge in [-0.05, 0) is 6.07 Å². The van der Waals surface area contributed by atoms with Crippen LogP contribution in [-0.2, 0) is 4.79 Å². The molecule has 1 aromatic heterocycles. The van der Waals surface area contributed by atoms with Gasteiger partial charge in [-0.1, -0.05) is 0 Å². The zero-order chi connectivity index (χ0) is 7.56. The molecule has 0 aliphatic carbocycles. The Morgan fingerprint density at radius 1 is 1.80 bits per heavy atom. The van der Waals surface area contributed by atoms with Crippen LogP contribution >= 0.6 is 0 Å². The molecule has 3 N–H and O–H groups in total. The maximum atomic E-state index is 10.2. The van der Waals surface area contributed by atoms with E-state index in [4.69, 9.17) is 10.8 Å². The van der Waals surface area contributed by atoms with Crippen molar-refractivity contribution in [2.75, 3.05) is 0 Å². The molecule has 1 heterocycles. The first-order chi connectivity index (χ1) is 4.72. The summed E-state index contributed by atoms with van der Waals surface area (Å²) in [6.07, 6.45) is 2.71. The van der Waals surface area contributed by atoms with Gasteiger partial charge in [-0.2, -0.15) is 0 Å². The van der Waals surface area contributed by atoms with Gasteiger partial charge < -0.3 is 15.3 Å². The largest absolute Gasteiger partial charge is 0.480 e. The first-order valence-electron chi connectivity index (χ1n) is 2.72. The Balaban J connectivity index is 2.77. The van der Waals surface area contributed by atoms with Gasteiger partial charge in [-0.25, -0.2) is 0 Å². The SMILES string of the molecule is NC(C(=O)O)c1ccoc1. The second-order valence-corrected chi connectivity index (χ2v) is 1.87. The van der Waals surface area contributed by atoms with Crippen LogP contribution in [0.5, 0.6) is 0 Å². The van der Waals surface area contributed by atoms with Crippen molar-refractivity contribution in [3.05, 3.63) is 24.2 Å². The third kappa shape index (κ3) is 1.16. The van der Waals surface area contributed by atoms with Gasteiger partial charge in [0, 0.05) is 5.56 Å². The highest BCUT2D eigenvalue weighted by atomic mass is 16.4. The lowest BCUT2D eigenvalue weighted by molar-refractivity contribution is -0.138. The highest BCUT2D eigenvalue weighted by Crippen LogP contribution is 2.09. The molecular formula is C6H7NO3. The Morgan fingerprint density at radius 2 is 2.50 bits per heavy atom. The number of hydrogen-bond donors (Lipinski definition) is 2. The van der Waals surface area contributed by atoms with Crippen LogP contribution in [0.2, 0.25) is 0 Å². The molecule has 0 amide bonds. The van der Waals surface area contributed by atoms with Crippen LogP contribution in [0.25, 0.3) is 0 Å². The number of nitrogens with two attached hydrogens (primary N) is 1. The monoisotopic (exact) mass is 141 g/mol. The fourth-order valence-electron chi connectivity index (χ4n) is 0.595. The number of carbonyl (C=O) groups is 1. The van der Waals surface area contributed by atoms with Crippen molar-refractivity contribution in [3.8, 4) is 0 Å². The van der Waals surface area contributed by atoms with Gasteiger partial charge in [0.2, 0.25) is 0 Å². The quantitative estimate of drug-likeness (QED) is 0.623. The van der Waals surface area contributed by atoms with E-state index in [1.165, 1.54) is 18.6 Å². The summed E-state index contributed by atoms with van der Waals surface area (Å²) in [6, 6.07) is 0.553. The summed E-state index contributed by atoms with van der Waals surface area (Å²) in [5, 5.41) is 8.39. The molecular weight excluding hydrogens is 134 g/mol. The van der Waals surface area contributed by atoms with Crippen LogP contribution < -0.4 is 5.73 Å². The van der Waals surface area contributed by atoms with Crippen LogP contribution in [0, 0.1) is 0 Å². The summed E-state index contributed by atoms with van der Waals surface area (Å²) in [4.78, 5) is 10.2. The highest BCUT2D eigenvalue weighted by Gasteiger charge is 2.14. The van der Waals surface area contributed by atoms with E-state index in [0.717, 1.165) is 0 Å². The minimum atomic E-state index is -1.05. The van der Waals surface area contributed by atoms with Crippen LogP contribution in [0.15, 0.2) is 23.0 Å². The second kappa shape index (κ2) is 2.53. The predicted molar refractivity (Wildman–Crippen MR) is 33.3 cm³/mol. The van der Waals surface area contributed by atoms with E-state index in [0.29, 0.717) is 5.56 Å². The Morgan fingerprint density at radius 3 is 2.90 bits per heavy atom. The van der Waals surface area contributed by atoms with E-state index in [1.807, 2.05) is 0 Å². The maximum Gasteiger partial charge on any atom is 0.325 e. The summed E-state index contributed by atoms with van der Waals surface area (Å²) < 4.78 is 4.64. The molecule has 1 aromatic rings. The highest BCUT2D eigenvalue weighted by molar-refractivity contribution is 5.74. The summed E-state index contributed by atoms with van der Waals surface area (Å²) in [5.74, 6) is -1.05. The molecule has 4 nitrogen and oxygen atoms in total. The van der Waals surface area contributed by atoms with Crippen LogP contribution in [0.3, 0.4) is 0 Å². The number of carboxylic acids is 1. The fraction of sp³-hybridized carbons (Fsp3) is 0.167. The minimum absolute atomic E-state index is 0.479. The summed E-state index contributed by atoms with van der Waals surface area (Å²) >= 11 is 0. The lowest BCUT2D eigenvalue weighted by Crippen LogP contribution is -2.19. The Kier molecular flexibility index (Phi) is 1.73. The average molecular weight is 141 g/mol. The van der Waals surface area contributed by atoms with Gasteiger partial charge in [0.25, 0.3) is 0 Å². The van der Waals surface area contributed by atoms with Gasteiger partial charge in [-0.15, -0.1) is 0 Å². The molecule has 0 aliphatic rings. The summed E-state index contributed by atoms with van der Waals surface area (Å²) in [7, 11) is 0. The van der Waals surface area contributed by atoms with Crippen LogP contribution in [0.1, 0.15) is 11.6 Å². The maximum absolute atomic E-state index is 10.2. The van der Waals surface area contributed by atoms with Gasteiger partial charge in [0.1, 0.15) is 6.04 Å². The second-order valence-electron chi connectivity index (χ2n) is 1.87. The molecule has 0 fully saturated rings. The zero-order valence-corrected chi connectivity index (χ0v) is 5.15. The molecule has 0 saturated heterocycles. The third-order valence-corrected chi connectivity index (χ3v) is 1.17. The Hall–Kier alpha value is -1.29. The van der Waals surface area contributed by atoms with Crippen molar-refractivity contribution in [2.24, 2.45) is 5.73 Å². The number of carboxylic acid groups (broad SMARTS) is 1. The smallest absolute Gasteiger partial charge is 0.325 e. The molecule has 0 aromatic carbocycles. The number of hydrogen-bond acceptors (Lipinski definition) is 3. The lowest BCUT2D eigenvalue weighted by atomic mass is 10.2.